The molecular weight excluding hydrogens is 338 g/mol. The molecular formula is C22H21N3S. The molecule has 0 bridgehead atoms. The highest BCUT2D eigenvalue weighted by atomic mass is 32.1. The van der Waals surface area contributed by atoms with Crippen LogP contribution in [-0.4, -0.2) is 36.1 Å². The van der Waals surface area contributed by atoms with Gasteiger partial charge in [-0.05, 0) is 34.5 Å². The van der Waals surface area contributed by atoms with Crippen LogP contribution in [0.3, 0.4) is 0 Å². The zero-order valence-electron chi connectivity index (χ0n) is 14.6. The first kappa shape index (κ1) is 15.9. The zero-order valence-corrected chi connectivity index (χ0v) is 15.4. The van der Waals surface area contributed by atoms with Crippen LogP contribution in [0.2, 0.25) is 0 Å². The highest BCUT2D eigenvalue weighted by Gasteiger charge is 2.27. The Balaban J connectivity index is 1.67. The Kier molecular flexibility index (Phi) is 4.17. The summed E-state index contributed by atoms with van der Waals surface area (Å²) in [5.74, 6) is 0. The van der Waals surface area contributed by atoms with E-state index in [0.717, 1.165) is 37.4 Å². The van der Waals surface area contributed by atoms with Gasteiger partial charge in [0.15, 0.2) is 0 Å². The summed E-state index contributed by atoms with van der Waals surface area (Å²) in [6.45, 7) is 4.16. The molecule has 0 amide bonds. The number of fused-ring (bicyclic) bond motifs is 2. The van der Waals surface area contributed by atoms with Crippen LogP contribution in [0.5, 0.6) is 0 Å². The Labute approximate surface area is 157 Å². The van der Waals surface area contributed by atoms with Crippen LogP contribution < -0.4 is 5.32 Å². The lowest BCUT2D eigenvalue weighted by Gasteiger charge is -2.34. The lowest BCUT2D eigenvalue weighted by molar-refractivity contribution is 0.197. The molecule has 1 unspecified atom stereocenters. The van der Waals surface area contributed by atoms with Crippen molar-refractivity contribution in [1.82, 2.24) is 15.2 Å². The normalized spacial score (nSPS) is 16.9. The Bertz CT molecular complexity index is 1050. The van der Waals surface area contributed by atoms with Gasteiger partial charge in [-0.3, -0.25) is 9.88 Å². The summed E-state index contributed by atoms with van der Waals surface area (Å²) in [5.41, 5.74) is 3.61. The number of hydrogen-bond acceptors (Lipinski definition) is 4. The second-order valence-electron chi connectivity index (χ2n) is 6.80. The first-order chi connectivity index (χ1) is 12.9. The molecule has 0 aliphatic carbocycles. The standard InChI is InChI=1S/C22H21N3S/c1-3-7-19-16(5-1)9-10-20(24-19)22(25-13-11-23-12-14-25)18-15-26-21-8-4-2-6-17(18)21/h1-10,15,22-23H,11-14H2. The number of piperazine rings is 1. The fourth-order valence-corrected chi connectivity index (χ4v) is 4.91. The summed E-state index contributed by atoms with van der Waals surface area (Å²) >= 11 is 1.83. The highest BCUT2D eigenvalue weighted by Crippen LogP contribution is 2.37. The molecule has 5 rings (SSSR count). The van der Waals surface area contributed by atoms with Crippen LogP contribution in [0.25, 0.3) is 21.0 Å². The van der Waals surface area contributed by atoms with Gasteiger partial charge in [-0.1, -0.05) is 42.5 Å². The number of rotatable bonds is 3. The molecule has 26 heavy (non-hydrogen) atoms. The molecule has 4 aromatic rings. The third kappa shape index (κ3) is 2.80. The van der Waals surface area contributed by atoms with Crippen LogP contribution in [0.15, 0.2) is 66.0 Å². The summed E-state index contributed by atoms with van der Waals surface area (Å²) in [6.07, 6.45) is 0. The van der Waals surface area contributed by atoms with E-state index in [2.05, 4.69) is 76.3 Å². The lowest BCUT2D eigenvalue weighted by Crippen LogP contribution is -2.45. The molecule has 0 saturated carbocycles. The van der Waals surface area contributed by atoms with E-state index in [1.165, 1.54) is 21.0 Å². The zero-order chi connectivity index (χ0) is 17.3. The van der Waals surface area contributed by atoms with Gasteiger partial charge < -0.3 is 5.32 Å². The topological polar surface area (TPSA) is 28.2 Å². The molecule has 3 heterocycles. The van der Waals surface area contributed by atoms with Crippen molar-refractivity contribution in [3.63, 3.8) is 0 Å². The smallest absolute Gasteiger partial charge is 0.0791 e. The monoisotopic (exact) mass is 359 g/mol. The third-order valence-electron chi connectivity index (χ3n) is 5.22. The molecule has 2 aromatic carbocycles. The van der Waals surface area contributed by atoms with E-state index in [9.17, 15) is 0 Å². The van der Waals surface area contributed by atoms with Gasteiger partial charge in [-0.2, -0.15) is 0 Å². The molecule has 0 spiro atoms. The summed E-state index contributed by atoms with van der Waals surface area (Å²) in [5, 5.41) is 8.36. The fourth-order valence-electron chi connectivity index (χ4n) is 3.93. The molecule has 4 heteroatoms. The molecule has 1 aliphatic heterocycles. The molecule has 0 radical (unpaired) electrons. The lowest BCUT2D eigenvalue weighted by atomic mass is 9.99. The average Bonchev–Trinajstić information content (AvgIpc) is 3.13. The first-order valence-corrected chi connectivity index (χ1v) is 10.0. The second kappa shape index (κ2) is 6.80. The summed E-state index contributed by atoms with van der Waals surface area (Å²) in [6, 6.07) is 21.7. The van der Waals surface area contributed by atoms with E-state index in [4.69, 9.17) is 4.98 Å². The van der Waals surface area contributed by atoms with Gasteiger partial charge in [0.2, 0.25) is 0 Å². The van der Waals surface area contributed by atoms with Crippen LogP contribution in [0.4, 0.5) is 0 Å². The van der Waals surface area contributed by atoms with Gasteiger partial charge in [0.05, 0.1) is 17.3 Å². The number of pyridine rings is 1. The van der Waals surface area contributed by atoms with Gasteiger partial charge in [-0.25, -0.2) is 0 Å². The predicted octanol–water partition coefficient (Wildman–Crippen LogP) is 4.44. The molecule has 1 N–H and O–H groups in total. The van der Waals surface area contributed by atoms with Crippen LogP contribution in [0.1, 0.15) is 17.3 Å². The Morgan fingerprint density at radius 1 is 0.923 bits per heavy atom. The first-order valence-electron chi connectivity index (χ1n) is 9.17. The number of nitrogens with one attached hydrogen (secondary N) is 1. The van der Waals surface area contributed by atoms with Crippen LogP contribution >= 0.6 is 11.3 Å². The summed E-state index contributed by atoms with van der Waals surface area (Å²) in [4.78, 5) is 7.63. The number of aromatic nitrogens is 1. The van der Waals surface area contributed by atoms with E-state index in [0.29, 0.717) is 0 Å². The SMILES string of the molecule is c1ccc2nc(C(c3csc4ccccc34)N3CCNCC3)ccc2c1. The minimum Gasteiger partial charge on any atom is -0.314 e. The number of thiophene rings is 1. The van der Waals surface area contributed by atoms with Crippen molar-refractivity contribution >= 4 is 32.3 Å². The minimum atomic E-state index is 0.206. The predicted molar refractivity (Wildman–Crippen MR) is 110 cm³/mol. The minimum absolute atomic E-state index is 0.206. The van der Waals surface area contributed by atoms with Crippen molar-refractivity contribution in [2.24, 2.45) is 0 Å². The highest BCUT2D eigenvalue weighted by molar-refractivity contribution is 7.17. The van der Waals surface area contributed by atoms with E-state index >= 15 is 0 Å². The quantitative estimate of drug-likeness (QED) is 0.586. The maximum absolute atomic E-state index is 5.06. The van der Waals surface area contributed by atoms with Gasteiger partial charge >= 0.3 is 0 Å². The van der Waals surface area contributed by atoms with Gasteiger partial charge in [0.1, 0.15) is 0 Å². The molecule has 1 fully saturated rings. The molecule has 1 atom stereocenters. The Hall–Kier alpha value is -2.27. The van der Waals surface area contributed by atoms with Gasteiger partial charge in [-0.15, -0.1) is 11.3 Å². The number of benzene rings is 2. The van der Waals surface area contributed by atoms with E-state index in [1.807, 2.05) is 11.3 Å². The molecule has 2 aromatic heterocycles. The maximum Gasteiger partial charge on any atom is 0.0791 e. The molecule has 1 aliphatic rings. The number of hydrogen-bond donors (Lipinski definition) is 1. The van der Waals surface area contributed by atoms with Crippen molar-refractivity contribution < 1.29 is 0 Å². The largest absolute Gasteiger partial charge is 0.314 e. The van der Waals surface area contributed by atoms with E-state index < -0.39 is 0 Å². The molecule has 130 valence electrons. The van der Waals surface area contributed by atoms with Crippen molar-refractivity contribution in [3.05, 3.63) is 77.3 Å². The Morgan fingerprint density at radius 3 is 2.65 bits per heavy atom. The van der Waals surface area contributed by atoms with Crippen molar-refractivity contribution in [2.45, 2.75) is 6.04 Å². The molecule has 1 saturated heterocycles. The van der Waals surface area contributed by atoms with E-state index in [-0.39, 0.29) is 6.04 Å². The van der Waals surface area contributed by atoms with Crippen molar-refractivity contribution in [3.8, 4) is 0 Å². The molecule has 3 nitrogen and oxygen atoms in total. The van der Waals surface area contributed by atoms with Crippen LogP contribution in [-0.2, 0) is 0 Å². The van der Waals surface area contributed by atoms with Crippen LogP contribution in [0, 0.1) is 0 Å². The van der Waals surface area contributed by atoms with Crippen molar-refractivity contribution in [1.29, 1.82) is 0 Å². The average molecular weight is 359 g/mol. The Morgan fingerprint density at radius 2 is 1.73 bits per heavy atom. The second-order valence-corrected chi connectivity index (χ2v) is 7.72. The number of nitrogens with zero attached hydrogens (tertiary/aromatic N) is 2. The summed E-state index contributed by atoms with van der Waals surface area (Å²) < 4.78 is 1.35. The van der Waals surface area contributed by atoms with E-state index in [1.54, 1.807) is 0 Å². The third-order valence-corrected chi connectivity index (χ3v) is 6.20. The fraction of sp³-hybridized carbons (Fsp3) is 0.227. The number of para-hydroxylation sites is 1. The van der Waals surface area contributed by atoms with Gasteiger partial charge in [0.25, 0.3) is 0 Å². The summed E-state index contributed by atoms with van der Waals surface area (Å²) in [7, 11) is 0. The van der Waals surface area contributed by atoms with Crippen molar-refractivity contribution in [2.75, 3.05) is 26.2 Å². The van der Waals surface area contributed by atoms with Gasteiger partial charge in [0, 0.05) is 36.3 Å². The maximum atomic E-state index is 5.06.